The van der Waals surface area contributed by atoms with E-state index >= 15 is 4.39 Å². The summed E-state index contributed by atoms with van der Waals surface area (Å²) in [5, 5.41) is 3.93. The van der Waals surface area contributed by atoms with Crippen molar-refractivity contribution in [3.05, 3.63) is 33.8 Å². The van der Waals surface area contributed by atoms with Crippen molar-refractivity contribution < 1.29 is 23.5 Å². The number of rotatable bonds is 7. The second kappa shape index (κ2) is 7.57. The Morgan fingerprint density at radius 2 is 1.89 bits per heavy atom. The summed E-state index contributed by atoms with van der Waals surface area (Å²) < 4.78 is 25.8. The van der Waals surface area contributed by atoms with Crippen molar-refractivity contribution in [1.82, 2.24) is 5.32 Å². The van der Waals surface area contributed by atoms with Crippen LogP contribution in [0.4, 0.5) is 4.39 Å². The Morgan fingerprint density at radius 3 is 2.52 bits per heavy atom. The highest BCUT2D eigenvalue weighted by Gasteiger charge is 2.88. The van der Waals surface area contributed by atoms with Crippen LogP contribution in [0.5, 0.6) is 0 Å². The molecule has 148 valence electrons. The van der Waals surface area contributed by atoms with Gasteiger partial charge in [0.2, 0.25) is 5.67 Å². The molecule has 0 saturated heterocycles. The van der Waals surface area contributed by atoms with E-state index in [2.05, 4.69) is 5.32 Å². The third kappa shape index (κ3) is 3.12. The van der Waals surface area contributed by atoms with Crippen LogP contribution in [0.15, 0.2) is 18.2 Å². The molecule has 0 bridgehead atoms. The standard InChI is InChI=1S/C19H22Cl2FNO4/c1-3-26-16(24)12-6-8-15-18(22,17(25)27-4-2)19(12,15)23-10-11-5-7-13(20)14(21)9-11/h5,7,9,12,15,23H,3-4,6,8,10H2,1-2H3. The van der Waals surface area contributed by atoms with Gasteiger partial charge in [-0.15, -0.1) is 0 Å². The van der Waals surface area contributed by atoms with E-state index in [1.54, 1.807) is 32.0 Å². The molecule has 2 aliphatic carbocycles. The molecule has 1 aromatic carbocycles. The number of hydrogen-bond acceptors (Lipinski definition) is 5. The summed E-state index contributed by atoms with van der Waals surface area (Å²) in [5.41, 5.74) is -2.79. The lowest BCUT2D eigenvalue weighted by molar-refractivity contribution is -0.156. The molecule has 2 fully saturated rings. The third-order valence-corrected chi connectivity index (χ3v) is 6.29. The molecule has 5 nitrogen and oxygen atoms in total. The van der Waals surface area contributed by atoms with Gasteiger partial charge in [-0.05, 0) is 44.4 Å². The second-order valence-corrected chi connectivity index (χ2v) is 7.65. The van der Waals surface area contributed by atoms with Gasteiger partial charge < -0.3 is 14.8 Å². The number of fused-ring (bicyclic) bond motifs is 1. The van der Waals surface area contributed by atoms with E-state index in [4.69, 9.17) is 32.7 Å². The lowest BCUT2D eigenvalue weighted by Crippen LogP contribution is -2.50. The van der Waals surface area contributed by atoms with Crippen LogP contribution < -0.4 is 5.32 Å². The SMILES string of the molecule is CCOC(=O)C1CCC2C(F)(C(=O)OCC)C12NCc1ccc(Cl)c(Cl)c1. The zero-order valence-corrected chi connectivity index (χ0v) is 16.7. The number of alkyl halides is 1. The monoisotopic (exact) mass is 417 g/mol. The zero-order chi connectivity index (χ0) is 19.8. The van der Waals surface area contributed by atoms with E-state index in [-0.39, 0.29) is 19.8 Å². The van der Waals surface area contributed by atoms with Crippen molar-refractivity contribution in [2.24, 2.45) is 11.8 Å². The number of carbonyl (C=O) groups excluding carboxylic acids is 2. The molecule has 4 atom stereocenters. The van der Waals surface area contributed by atoms with E-state index in [0.717, 1.165) is 5.56 Å². The molecule has 2 aliphatic rings. The van der Waals surface area contributed by atoms with Crippen LogP contribution in [-0.2, 0) is 25.6 Å². The quantitative estimate of drug-likeness (QED) is 0.685. The number of carbonyl (C=O) groups is 2. The first-order valence-electron chi connectivity index (χ1n) is 9.04. The first kappa shape index (κ1) is 20.4. The molecule has 0 aliphatic heterocycles. The molecule has 0 amide bonds. The molecular formula is C19H22Cl2FNO4. The van der Waals surface area contributed by atoms with Gasteiger partial charge in [0.15, 0.2) is 0 Å². The molecule has 0 heterocycles. The smallest absolute Gasteiger partial charge is 0.346 e. The van der Waals surface area contributed by atoms with Crippen molar-refractivity contribution in [2.75, 3.05) is 13.2 Å². The summed E-state index contributed by atoms with van der Waals surface area (Å²) in [7, 11) is 0. The highest BCUT2D eigenvalue weighted by Crippen LogP contribution is 2.69. The maximum atomic E-state index is 15.8. The topological polar surface area (TPSA) is 64.6 Å². The summed E-state index contributed by atoms with van der Waals surface area (Å²) in [6.07, 6.45) is 0.871. The minimum atomic E-state index is -2.24. The molecule has 27 heavy (non-hydrogen) atoms. The van der Waals surface area contributed by atoms with Crippen LogP contribution in [0.3, 0.4) is 0 Å². The summed E-state index contributed by atoms with van der Waals surface area (Å²) in [6.45, 7) is 3.82. The van der Waals surface area contributed by atoms with Gasteiger partial charge in [-0.25, -0.2) is 9.18 Å². The molecule has 1 N–H and O–H groups in total. The molecule has 8 heteroatoms. The van der Waals surface area contributed by atoms with Gasteiger partial charge in [0.25, 0.3) is 0 Å². The molecule has 0 radical (unpaired) electrons. The number of halogens is 3. The average Bonchev–Trinajstić information content (AvgIpc) is 2.96. The minimum Gasteiger partial charge on any atom is -0.466 e. The third-order valence-electron chi connectivity index (χ3n) is 5.55. The van der Waals surface area contributed by atoms with Crippen LogP contribution in [0.2, 0.25) is 10.0 Å². The Bertz CT molecular complexity index is 761. The van der Waals surface area contributed by atoms with Gasteiger partial charge >= 0.3 is 11.9 Å². The minimum absolute atomic E-state index is 0.0736. The zero-order valence-electron chi connectivity index (χ0n) is 15.2. The van der Waals surface area contributed by atoms with E-state index in [9.17, 15) is 9.59 Å². The fourth-order valence-electron chi connectivity index (χ4n) is 4.39. The van der Waals surface area contributed by atoms with Crippen LogP contribution in [-0.4, -0.2) is 36.4 Å². The summed E-state index contributed by atoms with van der Waals surface area (Å²) in [4.78, 5) is 24.8. The van der Waals surface area contributed by atoms with E-state index in [0.29, 0.717) is 22.9 Å². The first-order valence-corrected chi connectivity index (χ1v) is 9.80. The Morgan fingerprint density at radius 1 is 1.19 bits per heavy atom. The van der Waals surface area contributed by atoms with Gasteiger partial charge in [-0.1, -0.05) is 29.3 Å². The van der Waals surface area contributed by atoms with Crippen molar-refractivity contribution in [2.45, 2.75) is 44.4 Å². The van der Waals surface area contributed by atoms with Crippen molar-refractivity contribution >= 4 is 35.1 Å². The molecular weight excluding hydrogens is 396 g/mol. The number of esters is 2. The van der Waals surface area contributed by atoms with Crippen LogP contribution in [0.25, 0.3) is 0 Å². The van der Waals surface area contributed by atoms with Crippen LogP contribution in [0, 0.1) is 11.8 Å². The van der Waals surface area contributed by atoms with E-state index in [1.807, 2.05) is 0 Å². The molecule has 1 aromatic rings. The average molecular weight is 418 g/mol. The summed E-state index contributed by atoms with van der Waals surface area (Å²) >= 11 is 12.0. The molecule has 2 saturated carbocycles. The van der Waals surface area contributed by atoms with Gasteiger partial charge in [0.1, 0.15) is 0 Å². The lowest BCUT2D eigenvalue weighted by Gasteiger charge is -2.27. The fraction of sp³-hybridized carbons (Fsp3) is 0.579. The highest BCUT2D eigenvalue weighted by atomic mass is 35.5. The molecule has 0 spiro atoms. The van der Waals surface area contributed by atoms with Crippen LogP contribution >= 0.6 is 23.2 Å². The maximum absolute atomic E-state index is 15.8. The largest absolute Gasteiger partial charge is 0.466 e. The Labute approximate surface area is 167 Å². The van der Waals surface area contributed by atoms with E-state index in [1.165, 1.54) is 0 Å². The highest BCUT2D eigenvalue weighted by molar-refractivity contribution is 6.42. The first-order chi connectivity index (χ1) is 12.8. The Kier molecular flexibility index (Phi) is 5.71. The molecule has 3 rings (SSSR count). The van der Waals surface area contributed by atoms with Crippen LogP contribution in [0.1, 0.15) is 32.3 Å². The summed E-state index contributed by atoms with van der Waals surface area (Å²) in [5.74, 6) is -2.79. The second-order valence-electron chi connectivity index (χ2n) is 6.84. The Balaban J connectivity index is 1.87. The predicted molar refractivity (Wildman–Crippen MR) is 99.4 cm³/mol. The lowest BCUT2D eigenvalue weighted by atomic mass is 9.92. The van der Waals surface area contributed by atoms with Gasteiger partial charge in [-0.2, -0.15) is 0 Å². The summed E-state index contributed by atoms with van der Waals surface area (Å²) in [6, 6.07) is 5.08. The van der Waals surface area contributed by atoms with E-state index < -0.39 is 35.0 Å². The van der Waals surface area contributed by atoms with Gasteiger partial charge in [-0.3, -0.25) is 4.79 Å². The fourth-order valence-corrected chi connectivity index (χ4v) is 4.71. The number of hydrogen-bond donors (Lipinski definition) is 1. The Hall–Kier alpha value is -1.37. The number of benzene rings is 1. The van der Waals surface area contributed by atoms with Crippen molar-refractivity contribution in [3.63, 3.8) is 0 Å². The van der Waals surface area contributed by atoms with Gasteiger partial charge in [0.05, 0.1) is 34.7 Å². The normalized spacial score (nSPS) is 31.3. The molecule has 0 aromatic heterocycles. The van der Waals surface area contributed by atoms with Crippen molar-refractivity contribution in [3.8, 4) is 0 Å². The van der Waals surface area contributed by atoms with Crippen molar-refractivity contribution in [1.29, 1.82) is 0 Å². The number of ether oxygens (including phenoxy) is 2. The molecule has 4 unspecified atom stereocenters. The van der Waals surface area contributed by atoms with Gasteiger partial charge in [0, 0.05) is 12.5 Å². The number of nitrogens with one attached hydrogen (secondary N) is 1. The predicted octanol–water partition coefficient (Wildman–Crippen LogP) is 3.70. The maximum Gasteiger partial charge on any atom is 0.346 e.